The molecule has 1 amide bonds. The summed E-state index contributed by atoms with van der Waals surface area (Å²) < 4.78 is 10.3. The van der Waals surface area contributed by atoms with E-state index in [1.807, 2.05) is 76.2 Å². The maximum atomic E-state index is 13.7. The first-order chi connectivity index (χ1) is 27.0. The highest BCUT2D eigenvalue weighted by atomic mass is 16.5. The first-order valence-corrected chi connectivity index (χ1v) is 20.1. The van der Waals surface area contributed by atoms with E-state index in [0.29, 0.717) is 61.5 Å². The molecule has 6 rings (SSSR count). The Morgan fingerprint density at radius 3 is 2.02 bits per heavy atom. The van der Waals surface area contributed by atoms with Crippen LogP contribution in [0.15, 0.2) is 60.9 Å². The number of amides is 1. The average molecular weight is 759 g/mol. The Kier molecular flexibility index (Phi) is 13.1. The Hall–Kier alpha value is -5.22. The van der Waals surface area contributed by atoms with Crippen molar-refractivity contribution in [2.45, 2.75) is 111 Å². The first kappa shape index (κ1) is 40.4. The molecule has 0 spiro atoms. The molecular weight excluding hydrogens is 705 g/mol. The maximum absolute atomic E-state index is 13.7. The Balaban J connectivity index is 1.15. The van der Waals surface area contributed by atoms with E-state index in [9.17, 15) is 19.2 Å². The normalized spacial score (nSPS) is 14.8. The third-order valence-electron chi connectivity index (χ3n) is 11.0. The molecule has 2 atom stereocenters. The number of rotatable bonds is 18. The molecule has 4 aromatic rings. The van der Waals surface area contributed by atoms with Gasteiger partial charge < -0.3 is 20.1 Å². The summed E-state index contributed by atoms with van der Waals surface area (Å²) in [5.41, 5.74) is 10.6. The van der Waals surface area contributed by atoms with Crippen LogP contribution in [0.4, 0.5) is 5.69 Å². The van der Waals surface area contributed by atoms with Crippen LogP contribution in [0, 0.1) is 19.8 Å². The number of hydrogen-bond acceptors (Lipinski definition) is 9. The third-order valence-corrected chi connectivity index (χ3v) is 11.0. The summed E-state index contributed by atoms with van der Waals surface area (Å²) in [7, 11) is 0. The Labute approximate surface area is 330 Å². The van der Waals surface area contributed by atoms with Gasteiger partial charge in [0.25, 0.3) is 5.91 Å². The molecule has 2 aromatic heterocycles. The number of aryl methyl sites for hydroxylation is 1. The van der Waals surface area contributed by atoms with E-state index in [2.05, 4.69) is 20.6 Å². The standard InChI is InChI=1S/C46H54N4O6/c1-7-55-45(53)27(3)15-16-34-24-49-42(23-38(34)31-17-18-31)44(52)50-40-14-10-13-37(29(40)5)36-12-9-11-33(28(36)4)21-43(51)41-22-39(32-19-20-32)35(26-48-41)25-47-30(6)46(54)56-8-2/h9-14,22-24,26-27,30-32,47H,7-8,15-21,25H2,1-6H3,(H,50,52)/t27-,30+/m1/s1. The van der Waals surface area contributed by atoms with Gasteiger partial charge in [-0.1, -0.05) is 37.3 Å². The molecule has 2 aromatic carbocycles. The number of pyridine rings is 2. The highest BCUT2D eigenvalue weighted by molar-refractivity contribution is 6.04. The third kappa shape index (κ3) is 9.77. The maximum Gasteiger partial charge on any atom is 0.322 e. The fourth-order valence-electron chi connectivity index (χ4n) is 7.25. The van der Waals surface area contributed by atoms with E-state index in [0.717, 1.165) is 75.8 Å². The molecule has 56 heavy (non-hydrogen) atoms. The number of ether oxygens (including phenoxy) is 2. The van der Waals surface area contributed by atoms with Gasteiger partial charge in [-0.25, -0.2) is 0 Å². The van der Waals surface area contributed by atoms with Crippen molar-refractivity contribution in [2.24, 2.45) is 5.92 Å². The second-order valence-corrected chi connectivity index (χ2v) is 15.3. The lowest BCUT2D eigenvalue weighted by Gasteiger charge is -2.17. The average Bonchev–Trinajstić information content (AvgIpc) is 4.13. The van der Waals surface area contributed by atoms with Crippen LogP contribution in [0.2, 0.25) is 0 Å². The molecule has 0 aliphatic heterocycles. The molecule has 0 saturated heterocycles. The molecule has 10 heteroatoms. The first-order valence-electron chi connectivity index (χ1n) is 20.1. The molecule has 2 fully saturated rings. The van der Waals surface area contributed by atoms with Gasteiger partial charge in [0.05, 0.1) is 19.1 Å². The number of anilines is 1. The smallest absolute Gasteiger partial charge is 0.322 e. The van der Waals surface area contributed by atoms with Crippen LogP contribution in [0.25, 0.3) is 11.1 Å². The number of aromatic nitrogens is 2. The number of ketones is 1. The van der Waals surface area contributed by atoms with Crippen molar-refractivity contribution in [3.05, 3.63) is 111 Å². The van der Waals surface area contributed by atoms with Gasteiger partial charge in [0.15, 0.2) is 5.78 Å². The minimum Gasteiger partial charge on any atom is -0.466 e. The number of hydrogen-bond donors (Lipinski definition) is 2. The minimum absolute atomic E-state index is 0.0538. The predicted molar refractivity (Wildman–Crippen MR) is 217 cm³/mol. The van der Waals surface area contributed by atoms with Crippen molar-refractivity contribution >= 4 is 29.3 Å². The Morgan fingerprint density at radius 2 is 1.34 bits per heavy atom. The van der Waals surface area contributed by atoms with Crippen molar-refractivity contribution < 1.29 is 28.7 Å². The van der Waals surface area contributed by atoms with Gasteiger partial charge in [-0.15, -0.1) is 0 Å². The van der Waals surface area contributed by atoms with Crippen molar-refractivity contribution in [3.8, 4) is 11.1 Å². The summed E-state index contributed by atoms with van der Waals surface area (Å²) >= 11 is 0. The zero-order chi connectivity index (χ0) is 39.9. The van der Waals surface area contributed by atoms with Gasteiger partial charge in [0.1, 0.15) is 17.4 Å². The van der Waals surface area contributed by atoms with Crippen molar-refractivity contribution in [1.82, 2.24) is 15.3 Å². The van der Waals surface area contributed by atoms with Crippen molar-refractivity contribution in [2.75, 3.05) is 18.5 Å². The number of benzene rings is 2. The zero-order valence-electron chi connectivity index (χ0n) is 33.5. The molecule has 294 valence electrons. The van der Waals surface area contributed by atoms with E-state index in [1.54, 1.807) is 26.2 Å². The summed E-state index contributed by atoms with van der Waals surface area (Å²) in [6, 6.07) is 15.3. The quantitative estimate of drug-likeness (QED) is 0.0758. The van der Waals surface area contributed by atoms with Crippen molar-refractivity contribution in [1.29, 1.82) is 0 Å². The molecule has 0 radical (unpaired) electrons. The van der Waals surface area contributed by atoms with E-state index in [-0.39, 0.29) is 36.0 Å². The van der Waals surface area contributed by atoms with Gasteiger partial charge in [-0.05, 0) is 153 Å². The summed E-state index contributed by atoms with van der Waals surface area (Å²) in [5, 5.41) is 6.34. The lowest BCUT2D eigenvalue weighted by atomic mass is 9.90. The number of nitrogens with one attached hydrogen (secondary N) is 2. The van der Waals surface area contributed by atoms with Gasteiger partial charge in [0, 0.05) is 31.0 Å². The second-order valence-electron chi connectivity index (χ2n) is 15.3. The fourth-order valence-corrected chi connectivity index (χ4v) is 7.25. The fraction of sp³-hybridized carbons (Fsp3) is 0.435. The molecule has 0 unspecified atom stereocenters. The monoisotopic (exact) mass is 758 g/mol. The van der Waals surface area contributed by atoms with Gasteiger partial charge in [-0.2, -0.15) is 0 Å². The van der Waals surface area contributed by atoms with Crippen LogP contribution in [-0.4, -0.2) is 52.9 Å². The lowest BCUT2D eigenvalue weighted by molar-refractivity contribution is -0.147. The van der Waals surface area contributed by atoms with Crippen LogP contribution in [-0.2, 0) is 38.4 Å². The van der Waals surface area contributed by atoms with Crippen LogP contribution in [0.5, 0.6) is 0 Å². The predicted octanol–water partition coefficient (Wildman–Crippen LogP) is 8.37. The number of carbonyl (C=O) groups is 4. The minimum atomic E-state index is -0.445. The summed E-state index contributed by atoms with van der Waals surface area (Å²) in [4.78, 5) is 60.8. The van der Waals surface area contributed by atoms with Gasteiger partial charge in [-0.3, -0.25) is 29.1 Å². The second kappa shape index (κ2) is 18.2. The van der Waals surface area contributed by atoms with E-state index < -0.39 is 6.04 Å². The van der Waals surface area contributed by atoms with Crippen molar-refractivity contribution in [3.63, 3.8) is 0 Å². The van der Waals surface area contributed by atoms with Crippen LogP contribution < -0.4 is 10.6 Å². The molecule has 2 aliphatic carbocycles. The van der Waals surface area contributed by atoms with Crippen LogP contribution >= 0.6 is 0 Å². The molecule has 2 heterocycles. The van der Waals surface area contributed by atoms with E-state index >= 15 is 0 Å². The summed E-state index contributed by atoms with van der Waals surface area (Å²) in [5.74, 6) is -0.202. The largest absolute Gasteiger partial charge is 0.466 e. The Bertz CT molecular complexity index is 1950. The van der Waals surface area contributed by atoms with Crippen LogP contribution in [0.1, 0.15) is 132 Å². The lowest BCUT2D eigenvalue weighted by Crippen LogP contribution is -2.35. The molecular formula is C46H54N4O6. The van der Waals surface area contributed by atoms with E-state index in [1.165, 1.54) is 0 Å². The SMILES string of the molecule is CCOC(=O)[C@H](C)CCc1cnc(C(=O)Nc2cccc(-c3cccc(CC(=O)c4cc(C5CC5)c(CN[C@@H](C)C(=O)OCC)cn4)c3C)c2C)cc1C1CC1. The molecule has 0 bridgehead atoms. The summed E-state index contributed by atoms with van der Waals surface area (Å²) in [6.07, 6.45) is 9.44. The highest BCUT2D eigenvalue weighted by Crippen LogP contribution is 2.43. The molecule has 10 nitrogen and oxygen atoms in total. The number of carbonyl (C=O) groups excluding carboxylic acids is 4. The summed E-state index contributed by atoms with van der Waals surface area (Å²) in [6.45, 7) is 12.5. The topological polar surface area (TPSA) is 137 Å². The van der Waals surface area contributed by atoms with Gasteiger partial charge in [0.2, 0.25) is 0 Å². The molecule has 2 N–H and O–H groups in total. The number of Topliss-reactive ketones (excluding diaryl/α,β-unsaturated/α-hetero) is 1. The van der Waals surface area contributed by atoms with Gasteiger partial charge >= 0.3 is 11.9 Å². The van der Waals surface area contributed by atoms with E-state index in [4.69, 9.17) is 9.47 Å². The zero-order valence-corrected chi connectivity index (χ0v) is 33.5. The number of nitrogens with zero attached hydrogens (tertiary/aromatic N) is 2. The highest BCUT2D eigenvalue weighted by Gasteiger charge is 2.29. The Morgan fingerprint density at radius 1 is 0.750 bits per heavy atom. The molecule has 2 saturated carbocycles. The molecule has 2 aliphatic rings. The van der Waals surface area contributed by atoms with Crippen LogP contribution in [0.3, 0.4) is 0 Å². The number of esters is 2.